The van der Waals surface area contributed by atoms with Crippen LogP contribution in [0.25, 0.3) is 0 Å². The van der Waals surface area contributed by atoms with Gasteiger partial charge in [-0.2, -0.15) is 0 Å². The zero-order chi connectivity index (χ0) is 6.15. The lowest BCUT2D eigenvalue weighted by atomic mass is 10.9. The second kappa shape index (κ2) is 1.91. The molecule has 0 aliphatic carbocycles. The molecule has 0 bridgehead atoms. The average molecular weight is 196 g/mol. The second-order valence-corrected chi connectivity index (χ2v) is 2.67. The molecule has 0 aliphatic rings. The molecule has 1 rings (SSSR count). The predicted octanol–water partition coefficient (Wildman–Crippen LogP) is 0.773. The van der Waals surface area contributed by atoms with E-state index in [-0.39, 0.29) is 10.8 Å². The van der Waals surface area contributed by atoms with Gasteiger partial charge in [0.25, 0.3) is 0 Å². The van der Waals surface area contributed by atoms with E-state index in [0.717, 1.165) is 14.9 Å². The Bertz CT molecular complexity index is 240. The molecule has 0 aromatic carbocycles. The van der Waals surface area contributed by atoms with Crippen LogP contribution in [-0.4, -0.2) is 8.70 Å². The summed E-state index contributed by atoms with van der Waals surface area (Å²) in [5.41, 5.74) is 0. The standard InChI is InChI=1S/C3H2BrNO2S/c4-5-2(6)1-8-3(5)7/h1,6H. The summed E-state index contributed by atoms with van der Waals surface area (Å²) in [6.45, 7) is 0. The molecule has 1 N–H and O–H groups in total. The summed E-state index contributed by atoms with van der Waals surface area (Å²) in [4.78, 5) is 10.2. The maximum absolute atomic E-state index is 10.4. The van der Waals surface area contributed by atoms with Crippen LogP contribution in [0.3, 0.4) is 0 Å². The first kappa shape index (κ1) is 5.84. The maximum atomic E-state index is 10.4. The highest BCUT2D eigenvalue weighted by atomic mass is 79.9. The van der Waals surface area contributed by atoms with E-state index in [1.165, 1.54) is 5.38 Å². The lowest BCUT2D eigenvalue weighted by Gasteiger charge is -1.82. The number of aromatic hydroxyl groups is 1. The van der Waals surface area contributed by atoms with Gasteiger partial charge in [-0.1, -0.05) is 11.3 Å². The van der Waals surface area contributed by atoms with Crippen LogP contribution >= 0.6 is 27.5 Å². The molecule has 0 saturated heterocycles. The summed E-state index contributed by atoms with van der Waals surface area (Å²) in [6, 6.07) is 0. The topological polar surface area (TPSA) is 42.2 Å². The number of rotatable bonds is 0. The molecule has 0 amide bonds. The van der Waals surface area contributed by atoms with Crippen molar-refractivity contribution < 1.29 is 5.11 Å². The van der Waals surface area contributed by atoms with Crippen LogP contribution in [-0.2, 0) is 0 Å². The van der Waals surface area contributed by atoms with Gasteiger partial charge < -0.3 is 5.11 Å². The average Bonchev–Trinajstić information content (AvgIpc) is 1.98. The third-order valence-electron chi connectivity index (χ3n) is 0.627. The van der Waals surface area contributed by atoms with Crippen molar-refractivity contribution in [3.05, 3.63) is 15.0 Å². The number of nitrogens with zero attached hydrogens (tertiary/aromatic N) is 1. The van der Waals surface area contributed by atoms with E-state index in [1.54, 1.807) is 0 Å². The summed E-state index contributed by atoms with van der Waals surface area (Å²) >= 11 is 3.76. The zero-order valence-corrected chi connectivity index (χ0v) is 6.07. The Morgan fingerprint density at radius 3 is 2.62 bits per heavy atom. The fourth-order valence-electron chi connectivity index (χ4n) is 0.289. The fourth-order valence-corrected chi connectivity index (χ4v) is 1.28. The van der Waals surface area contributed by atoms with E-state index < -0.39 is 0 Å². The zero-order valence-electron chi connectivity index (χ0n) is 3.67. The van der Waals surface area contributed by atoms with Crippen LogP contribution in [0.4, 0.5) is 0 Å². The molecule has 8 heavy (non-hydrogen) atoms. The van der Waals surface area contributed by atoms with E-state index in [1.807, 2.05) is 0 Å². The molecule has 0 saturated carbocycles. The van der Waals surface area contributed by atoms with Crippen LogP contribution in [0.1, 0.15) is 0 Å². The van der Waals surface area contributed by atoms with E-state index in [0.29, 0.717) is 0 Å². The largest absolute Gasteiger partial charge is 0.493 e. The Labute approximate surface area is 57.5 Å². The number of aromatic nitrogens is 1. The van der Waals surface area contributed by atoms with Gasteiger partial charge in [0.05, 0.1) is 21.5 Å². The van der Waals surface area contributed by atoms with Crippen molar-refractivity contribution in [1.82, 2.24) is 3.59 Å². The van der Waals surface area contributed by atoms with Gasteiger partial charge in [0.15, 0.2) is 0 Å². The van der Waals surface area contributed by atoms with E-state index >= 15 is 0 Å². The van der Waals surface area contributed by atoms with Crippen LogP contribution in [0, 0.1) is 0 Å². The molecule has 0 atom stereocenters. The first-order valence-corrected chi connectivity index (χ1v) is 3.36. The number of hydrogen-bond acceptors (Lipinski definition) is 3. The fraction of sp³-hybridized carbons (Fsp3) is 0. The van der Waals surface area contributed by atoms with Gasteiger partial charge in [-0.3, -0.25) is 4.79 Å². The Kier molecular flexibility index (Phi) is 1.39. The minimum absolute atomic E-state index is 0.0556. The summed E-state index contributed by atoms with van der Waals surface area (Å²) in [5, 5.41) is 10.0. The maximum Gasteiger partial charge on any atom is 0.320 e. The molecular formula is C3H2BrNO2S. The van der Waals surface area contributed by atoms with Gasteiger partial charge in [0.1, 0.15) is 0 Å². The van der Waals surface area contributed by atoms with Crippen molar-refractivity contribution in [2.45, 2.75) is 0 Å². The summed E-state index contributed by atoms with van der Waals surface area (Å²) < 4.78 is 0.998. The normalized spacial score (nSPS) is 9.62. The molecule has 1 heterocycles. The Morgan fingerprint density at radius 2 is 2.50 bits per heavy atom. The molecular weight excluding hydrogens is 194 g/mol. The Hall–Kier alpha value is -0.290. The van der Waals surface area contributed by atoms with Gasteiger partial charge in [-0.15, -0.1) is 0 Å². The highest BCUT2D eigenvalue weighted by Crippen LogP contribution is 2.10. The van der Waals surface area contributed by atoms with Gasteiger partial charge in [-0.25, -0.2) is 3.59 Å². The monoisotopic (exact) mass is 195 g/mol. The SMILES string of the molecule is O=c1scc(O)n1Br. The minimum atomic E-state index is -0.220. The number of halogens is 1. The third kappa shape index (κ3) is 0.784. The van der Waals surface area contributed by atoms with Gasteiger partial charge >= 0.3 is 4.87 Å². The highest BCUT2D eigenvalue weighted by molar-refractivity contribution is 9.08. The Balaban J connectivity index is 3.41. The summed E-state index contributed by atoms with van der Waals surface area (Å²) in [5.74, 6) is -0.0556. The third-order valence-corrected chi connectivity index (χ3v) is 2.26. The summed E-state index contributed by atoms with van der Waals surface area (Å²) in [7, 11) is 0. The van der Waals surface area contributed by atoms with Crippen molar-refractivity contribution >= 4 is 27.5 Å². The van der Waals surface area contributed by atoms with Crippen molar-refractivity contribution in [3.63, 3.8) is 0 Å². The molecule has 0 unspecified atom stereocenters. The van der Waals surface area contributed by atoms with Crippen LogP contribution in [0.5, 0.6) is 5.88 Å². The van der Waals surface area contributed by atoms with Crippen molar-refractivity contribution in [1.29, 1.82) is 0 Å². The van der Waals surface area contributed by atoms with Crippen molar-refractivity contribution in [2.24, 2.45) is 0 Å². The Morgan fingerprint density at radius 1 is 1.88 bits per heavy atom. The molecule has 5 heteroatoms. The first-order valence-electron chi connectivity index (χ1n) is 1.77. The van der Waals surface area contributed by atoms with Crippen molar-refractivity contribution in [3.8, 4) is 5.88 Å². The second-order valence-electron chi connectivity index (χ2n) is 1.14. The van der Waals surface area contributed by atoms with Gasteiger partial charge in [-0.05, 0) is 0 Å². The predicted molar refractivity (Wildman–Crippen MR) is 34.6 cm³/mol. The van der Waals surface area contributed by atoms with Crippen LogP contribution in [0.15, 0.2) is 10.2 Å². The smallest absolute Gasteiger partial charge is 0.320 e. The molecule has 0 radical (unpaired) electrons. The highest BCUT2D eigenvalue weighted by Gasteiger charge is 1.97. The lowest BCUT2D eigenvalue weighted by Crippen LogP contribution is -1.99. The number of hydrogen-bond donors (Lipinski definition) is 1. The number of thiazole rings is 1. The summed E-state index contributed by atoms with van der Waals surface area (Å²) in [6.07, 6.45) is 0. The molecule has 0 aliphatic heterocycles. The van der Waals surface area contributed by atoms with E-state index in [9.17, 15) is 4.79 Å². The van der Waals surface area contributed by atoms with Crippen LogP contribution in [0.2, 0.25) is 0 Å². The van der Waals surface area contributed by atoms with Gasteiger partial charge in [0, 0.05) is 0 Å². The first-order chi connectivity index (χ1) is 3.72. The van der Waals surface area contributed by atoms with E-state index in [4.69, 9.17) is 5.11 Å². The quantitative estimate of drug-likeness (QED) is 0.665. The minimum Gasteiger partial charge on any atom is -0.493 e. The molecule has 1 aromatic heterocycles. The molecule has 3 nitrogen and oxygen atoms in total. The van der Waals surface area contributed by atoms with Crippen LogP contribution < -0.4 is 4.87 Å². The molecule has 1 aromatic rings. The van der Waals surface area contributed by atoms with E-state index in [2.05, 4.69) is 16.1 Å². The molecule has 44 valence electrons. The van der Waals surface area contributed by atoms with Gasteiger partial charge in [0.2, 0.25) is 5.88 Å². The van der Waals surface area contributed by atoms with Crippen molar-refractivity contribution in [2.75, 3.05) is 0 Å². The molecule has 0 fully saturated rings. The lowest BCUT2D eigenvalue weighted by molar-refractivity contribution is 0.452. The molecule has 0 spiro atoms.